The van der Waals surface area contributed by atoms with E-state index in [4.69, 9.17) is 4.42 Å². The van der Waals surface area contributed by atoms with Crippen LogP contribution in [0.2, 0.25) is 0 Å². The van der Waals surface area contributed by atoms with Gasteiger partial charge >= 0.3 is 0 Å². The van der Waals surface area contributed by atoms with Crippen molar-refractivity contribution < 1.29 is 4.42 Å². The van der Waals surface area contributed by atoms with E-state index < -0.39 is 0 Å². The van der Waals surface area contributed by atoms with Gasteiger partial charge in [-0.15, -0.1) is 0 Å². The Balaban J connectivity index is 1.79. The number of hydrogen-bond donors (Lipinski definition) is 0. The van der Waals surface area contributed by atoms with Crippen molar-refractivity contribution in [3.63, 3.8) is 0 Å². The standard InChI is InChI=1S/C21H26O/c1-3-21(4-2)14-18(21)20-17-13-9-8-12-16(17)19(22-20)15-10-6-5-7-11-15/h5-7,10-11,18H,3-4,8-9,12-14H2,1-2H3. The highest BCUT2D eigenvalue weighted by Crippen LogP contribution is 2.65. The summed E-state index contributed by atoms with van der Waals surface area (Å²) in [5.74, 6) is 3.18. The lowest BCUT2D eigenvalue weighted by Gasteiger charge is -2.14. The highest BCUT2D eigenvalue weighted by Gasteiger charge is 2.54. The van der Waals surface area contributed by atoms with E-state index in [-0.39, 0.29) is 0 Å². The van der Waals surface area contributed by atoms with Gasteiger partial charge in [0.25, 0.3) is 0 Å². The van der Waals surface area contributed by atoms with Crippen LogP contribution in [0.15, 0.2) is 34.7 Å². The Hall–Kier alpha value is -1.50. The zero-order chi connectivity index (χ0) is 15.2. The van der Waals surface area contributed by atoms with Gasteiger partial charge in [0.15, 0.2) is 0 Å². The van der Waals surface area contributed by atoms with Crippen LogP contribution in [0.1, 0.15) is 68.8 Å². The minimum atomic E-state index is 0.525. The zero-order valence-electron chi connectivity index (χ0n) is 13.8. The Morgan fingerprint density at radius 1 is 1.00 bits per heavy atom. The smallest absolute Gasteiger partial charge is 0.137 e. The van der Waals surface area contributed by atoms with Crippen molar-refractivity contribution >= 4 is 0 Å². The van der Waals surface area contributed by atoms with Crippen LogP contribution in [-0.2, 0) is 12.8 Å². The van der Waals surface area contributed by atoms with E-state index in [2.05, 4.69) is 44.2 Å². The van der Waals surface area contributed by atoms with Gasteiger partial charge in [0.2, 0.25) is 0 Å². The first kappa shape index (κ1) is 14.1. The minimum absolute atomic E-state index is 0.525. The summed E-state index contributed by atoms with van der Waals surface area (Å²) >= 11 is 0. The van der Waals surface area contributed by atoms with Gasteiger partial charge in [0.1, 0.15) is 11.5 Å². The van der Waals surface area contributed by atoms with Crippen molar-refractivity contribution in [1.29, 1.82) is 0 Å². The zero-order valence-corrected chi connectivity index (χ0v) is 13.8. The first-order chi connectivity index (χ1) is 10.8. The third-order valence-electron chi connectivity index (χ3n) is 6.20. The summed E-state index contributed by atoms with van der Waals surface area (Å²) in [6.45, 7) is 4.69. The Morgan fingerprint density at radius 2 is 1.68 bits per heavy atom. The van der Waals surface area contributed by atoms with Crippen molar-refractivity contribution in [3.05, 3.63) is 47.2 Å². The van der Waals surface area contributed by atoms with Gasteiger partial charge in [-0.05, 0) is 55.9 Å². The van der Waals surface area contributed by atoms with Gasteiger partial charge in [0, 0.05) is 17.0 Å². The molecule has 116 valence electrons. The van der Waals surface area contributed by atoms with Gasteiger partial charge in [-0.2, -0.15) is 0 Å². The fourth-order valence-electron chi connectivity index (χ4n) is 4.51. The summed E-state index contributed by atoms with van der Waals surface area (Å²) in [5.41, 5.74) is 4.86. The largest absolute Gasteiger partial charge is 0.460 e. The van der Waals surface area contributed by atoms with Crippen LogP contribution in [0.5, 0.6) is 0 Å². The normalized spacial score (nSPS) is 22.4. The molecule has 1 heteroatoms. The lowest BCUT2D eigenvalue weighted by atomic mass is 9.88. The maximum atomic E-state index is 6.54. The molecule has 22 heavy (non-hydrogen) atoms. The third-order valence-corrected chi connectivity index (χ3v) is 6.20. The molecule has 1 nitrogen and oxygen atoms in total. The van der Waals surface area contributed by atoms with E-state index >= 15 is 0 Å². The molecule has 0 N–H and O–H groups in total. The van der Waals surface area contributed by atoms with Crippen LogP contribution in [0.3, 0.4) is 0 Å². The van der Waals surface area contributed by atoms with Crippen molar-refractivity contribution in [2.45, 2.75) is 64.7 Å². The number of hydrogen-bond acceptors (Lipinski definition) is 1. The molecule has 1 unspecified atom stereocenters. The van der Waals surface area contributed by atoms with Crippen LogP contribution >= 0.6 is 0 Å². The lowest BCUT2D eigenvalue weighted by molar-refractivity contribution is 0.419. The summed E-state index contributed by atoms with van der Waals surface area (Å²) in [7, 11) is 0. The highest BCUT2D eigenvalue weighted by atomic mass is 16.3. The number of benzene rings is 1. The summed E-state index contributed by atoms with van der Waals surface area (Å²) in [4.78, 5) is 0. The predicted molar refractivity (Wildman–Crippen MR) is 91.2 cm³/mol. The maximum absolute atomic E-state index is 6.54. The number of rotatable bonds is 4. The predicted octanol–water partition coefficient (Wildman–Crippen LogP) is 6.12. The van der Waals surface area contributed by atoms with Gasteiger partial charge in [-0.25, -0.2) is 0 Å². The number of furan rings is 1. The van der Waals surface area contributed by atoms with Crippen LogP contribution in [0.25, 0.3) is 11.3 Å². The molecule has 1 saturated carbocycles. The molecule has 2 aliphatic carbocycles. The van der Waals surface area contributed by atoms with E-state index in [1.807, 2.05) is 0 Å². The summed E-state index contributed by atoms with van der Waals surface area (Å²) in [5, 5.41) is 0. The molecule has 1 aromatic carbocycles. The SMILES string of the molecule is CCC1(CC)CC1c1oc(-c2ccccc2)c2c1CCCC2. The lowest BCUT2D eigenvalue weighted by Crippen LogP contribution is -2.04. The molecular formula is C21H26O. The van der Waals surface area contributed by atoms with Gasteiger partial charge in [-0.3, -0.25) is 0 Å². The van der Waals surface area contributed by atoms with Crippen LogP contribution in [-0.4, -0.2) is 0 Å². The molecule has 0 radical (unpaired) electrons. The third kappa shape index (κ3) is 2.06. The Bertz CT molecular complexity index is 661. The van der Waals surface area contributed by atoms with Crippen LogP contribution < -0.4 is 0 Å². The minimum Gasteiger partial charge on any atom is -0.460 e. The molecule has 0 spiro atoms. The molecule has 4 rings (SSSR count). The average Bonchev–Trinajstić information content (AvgIpc) is 3.20. The van der Waals surface area contributed by atoms with E-state index in [1.54, 1.807) is 5.56 Å². The molecule has 0 bridgehead atoms. The molecule has 0 saturated heterocycles. The average molecular weight is 294 g/mol. The first-order valence-corrected chi connectivity index (χ1v) is 8.99. The second kappa shape index (κ2) is 5.30. The molecule has 0 amide bonds. The molecule has 1 aromatic heterocycles. The van der Waals surface area contributed by atoms with Gasteiger partial charge in [0.05, 0.1) is 0 Å². The molecule has 1 heterocycles. The summed E-state index contributed by atoms with van der Waals surface area (Å²) in [6.07, 6.45) is 8.94. The molecule has 2 aliphatic rings. The quantitative estimate of drug-likeness (QED) is 0.662. The van der Waals surface area contributed by atoms with E-state index in [0.717, 1.165) is 0 Å². The molecule has 2 aromatic rings. The highest BCUT2D eigenvalue weighted by molar-refractivity contribution is 5.65. The maximum Gasteiger partial charge on any atom is 0.137 e. The van der Waals surface area contributed by atoms with Crippen molar-refractivity contribution in [2.75, 3.05) is 0 Å². The number of fused-ring (bicyclic) bond motifs is 1. The molecule has 1 fully saturated rings. The summed E-state index contributed by atoms with van der Waals surface area (Å²) < 4.78 is 6.54. The van der Waals surface area contributed by atoms with Crippen LogP contribution in [0, 0.1) is 5.41 Å². The second-order valence-corrected chi connectivity index (χ2v) is 7.15. The van der Waals surface area contributed by atoms with Crippen molar-refractivity contribution in [2.24, 2.45) is 5.41 Å². The van der Waals surface area contributed by atoms with Gasteiger partial charge < -0.3 is 4.42 Å². The Morgan fingerprint density at radius 3 is 2.32 bits per heavy atom. The fourth-order valence-corrected chi connectivity index (χ4v) is 4.51. The van der Waals surface area contributed by atoms with Crippen molar-refractivity contribution in [3.8, 4) is 11.3 Å². The molecule has 0 aliphatic heterocycles. The van der Waals surface area contributed by atoms with Gasteiger partial charge in [-0.1, -0.05) is 44.2 Å². The van der Waals surface area contributed by atoms with E-state index in [9.17, 15) is 0 Å². The van der Waals surface area contributed by atoms with E-state index in [1.165, 1.54) is 67.6 Å². The Kier molecular flexibility index (Phi) is 3.40. The topological polar surface area (TPSA) is 13.1 Å². The van der Waals surface area contributed by atoms with Crippen LogP contribution in [0.4, 0.5) is 0 Å². The molecular weight excluding hydrogens is 268 g/mol. The van der Waals surface area contributed by atoms with Crippen molar-refractivity contribution in [1.82, 2.24) is 0 Å². The summed E-state index contributed by atoms with van der Waals surface area (Å²) in [6, 6.07) is 10.7. The first-order valence-electron chi connectivity index (χ1n) is 8.99. The van der Waals surface area contributed by atoms with E-state index in [0.29, 0.717) is 11.3 Å². The molecule has 1 atom stereocenters. The fraction of sp³-hybridized carbons (Fsp3) is 0.524. The second-order valence-electron chi connectivity index (χ2n) is 7.15. The Labute approximate surface area is 133 Å². The monoisotopic (exact) mass is 294 g/mol.